The van der Waals surface area contributed by atoms with Gasteiger partial charge in [0, 0.05) is 31.6 Å². The van der Waals surface area contributed by atoms with Crippen molar-refractivity contribution in [1.82, 2.24) is 10.2 Å². The van der Waals surface area contributed by atoms with Gasteiger partial charge in [0.05, 0.1) is 12.2 Å². The number of halogens is 1. The Morgan fingerprint density at radius 1 is 1.23 bits per heavy atom. The van der Waals surface area contributed by atoms with Crippen LogP contribution in [0.2, 0.25) is 0 Å². The molecule has 2 rings (SSSR count). The average molecular weight is 308 g/mol. The predicted molar refractivity (Wildman–Crippen MR) is 79.9 cm³/mol. The van der Waals surface area contributed by atoms with Gasteiger partial charge in [-0.1, -0.05) is 0 Å². The monoisotopic (exact) mass is 308 g/mol. The fraction of sp³-hybridized carbons (Fsp3) is 0.500. The summed E-state index contributed by atoms with van der Waals surface area (Å²) in [6.45, 7) is 5.29. The zero-order chi connectivity index (χ0) is 16.1. The van der Waals surface area contributed by atoms with Crippen LogP contribution in [0.5, 0.6) is 0 Å². The second kappa shape index (κ2) is 7.35. The van der Waals surface area contributed by atoms with Gasteiger partial charge in [-0.15, -0.1) is 0 Å². The Balaban J connectivity index is 1.77. The molecule has 5 nitrogen and oxygen atoms in total. The lowest BCUT2D eigenvalue weighted by Crippen LogP contribution is -2.48. The van der Waals surface area contributed by atoms with E-state index in [9.17, 15) is 14.0 Å². The summed E-state index contributed by atoms with van der Waals surface area (Å²) in [5, 5.41) is 2.67. The van der Waals surface area contributed by atoms with E-state index in [2.05, 4.69) is 5.32 Å². The Hall–Kier alpha value is -1.95. The number of hydrogen-bond acceptors (Lipinski definition) is 3. The molecule has 1 aromatic rings. The zero-order valence-corrected chi connectivity index (χ0v) is 12.8. The summed E-state index contributed by atoms with van der Waals surface area (Å²) >= 11 is 0. The van der Waals surface area contributed by atoms with Crippen molar-refractivity contribution in [1.29, 1.82) is 0 Å². The molecule has 1 aromatic carbocycles. The molecule has 1 N–H and O–H groups in total. The Bertz CT molecular complexity index is 523. The molecule has 120 valence electrons. The lowest BCUT2D eigenvalue weighted by atomic mass is 10.2. The van der Waals surface area contributed by atoms with Gasteiger partial charge in [-0.05, 0) is 38.1 Å². The highest BCUT2D eigenvalue weighted by atomic mass is 19.1. The minimum Gasteiger partial charge on any atom is -0.372 e. The first-order valence-corrected chi connectivity index (χ1v) is 7.42. The maximum Gasteiger partial charge on any atom is 0.251 e. The minimum absolute atomic E-state index is 0.00130. The maximum atomic E-state index is 12.8. The molecule has 0 spiro atoms. The molecule has 6 heteroatoms. The van der Waals surface area contributed by atoms with Gasteiger partial charge >= 0.3 is 0 Å². The van der Waals surface area contributed by atoms with Crippen LogP contribution in [0.1, 0.15) is 30.6 Å². The molecule has 1 fully saturated rings. The van der Waals surface area contributed by atoms with E-state index in [0.717, 1.165) is 0 Å². The highest BCUT2D eigenvalue weighted by molar-refractivity contribution is 5.94. The fourth-order valence-electron chi connectivity index (χ4n) is 2.53. The predicted octanol–water partition coefficient (Wildman–Crippen LogP) is 1.58. The highest BCUT2D eigenvalue weighted by Crippen LogP contribution is 2.11. The van der Waals surface area contributed by atoms with Gasteiger partial charge in [-0.25, -0.2) is 4.39 Å². The third-order valence-electron chi connectivity index (χ3n) is 3.50. The summed E-state index contributed by atoms with van der Waals surface area (Å²) in [7, 11) is 0. The van der Waals surface area contributed by atoms with Crippen LogP contribution in [0.25, 0.3) is 0 Å². The van der Waals surface area contributed by atoms with E-state index >= 15 is 0 Å². The quantitative estimate of drug-likeness (QED) is 0.919. The Morgan fingerprint density at radius 2 is 1.82 bits per heavy atom. The molecule has 0 saturated carbocycles. The van der Waals surface area contributed by atoms with Crippen molar-refractivity contribution >= 4 is 11.8 Å². The standard InChI is InChI=1S/C16H21FN2O3/c1-11-9-19(10-12(2)22-11)15(20)7-8-18-16(21)13-3-5-14(17)6-4-13/h3-6,11-12H,7-10H2,1-2H3,(H,18,21). The van der Waals surface area contributed by atoms with Gasteiger partial charge < -0.3 is 15.0 Å². The van der Waals surface area contributed by atoms with Crippen molar-refractivity contribution in [2.24, 2.45) is 0 Å². The molecular formula is C16H21FN2O3. The molecule has 1 heterocycles. The Labute approximate surface area is 129 Å². The van der Waals surface area contributed by atoms with Gasteiger partial charge in [-0.3, -0.25) is 9.59 Å². The second-order valence-electron chi connectivity index (χ2n) is 5.57. The van der Waals surface area contributed by atoms with E-state index in [1.807, 2.05) is 13.8 Å². The van der Waals surface area contributed by atoms with Crippen LogP contribution in [0.15, 0.2) is 24.3 Å². The topological polar surface area (TPSA) is 58.6 Å². The minimum atomic E-state index is -0.387. The van der Waals surface area contributed by atoms with Crippen LogP contribution < -0.4 is 5.32 Å². The van der Waals surface area contributed by atoms with Crippen LogP contribution in [0.4, 0.5) is 4.39 Å². The van der Waals surface area contributed by atoms with E-state index in [0.29, 0.717) is 18.7 Å². The van der Waals surface area contributed by atoms with E-state index < -0.39 is 0 Å². The van der Waals surface area contributed by atoms with Crippen molar-refractivity contribution < 1.29 is 18.7 Å². The average Bonchev–Trinajstić information content (AvgIpc) is 2.46. The molecule has 2 atom stereocenters. The van der Waals surface area contributed by atoms with Crippen molar-refractivity contribution in [3.63, 3.8) is 0 Å². The summed E-state index contributed by atoms with van der Waals surface area (Å²) < 4.78 is 18.4. The van der Waals surface area contributed by atoms with Crippen molar-refractivity contribution in [2.45, 2.75) is 32.5 Å². The third-order valence-corrected chi connectivity index (χ3v) is 3.50. The van der Waals surface area contributed by atoms with Crippen LogP contribution >= 0.6 is 0 Å². The number of morpholine rings is 1. The number of carbonyl (C=O) groups is 2. The van der Waals surface area contributed by atoms with Crippen LogP contribution in [0, 0.1) is 5.82 Å². The fourth-order valence-corrected chi connectivity index (χ4v) is 2.53. The molecule has 1 saturated heterocycles. The molecule has 1 aliphatic heterocycles. The molecule has 0 aliphatic carbocycles. The van der Waals surface area contributed by atoms with E-state index in [1.54, 1.807) is 4.90 Å². The number of amides is 2. The summed E-state index contributed by atoms with van der Waals surface area (Å²) in [6, 6.07) is 5.29. The van der Waals surface area contributed by atoms with Crippen molar-refractivity contribution in [3.8, 4) is 0 Å². The molecule has 0 aromatic heterocycles. The first-order chi connectivity index (χ1) is 10.5. The Morgan fingerprint density at radius 3 is 2.41 bits per heavy atom. The highest BCUT2D eigenvalue weighted by Gasteiger charge is 2.25. The van der Waals surface area contributed by atoms with Crippen LogP contribution in [-0.4, -0.2) is 48.6 Å². The summed E-state index contributed by atoms with van der Waals surface area (Å²) in [5.41, 5.74) is 0.377. The first-order valence-electron chi connectivity index (χ1n) is 7.42. The van der Waals surface area contributed by atoms with Crippen molar-refractivity contribution in [2.75, 3.05) is 19.6 Å². The van der Waals surface area contributed by atoms with Gasteiger partial charge in [0.2, 0.25) is 5.91 Å². The van der Waals surface area contributed by atoms with E-state index in [1.165, 1.54) is 24.3 Å². The number of carbonyl (C=O) groups excluding carboxylic acids is 2. The number of benzene rings is 1. The lowest BCUT2D eigenvalue weighted by Gasteiger charge is -2.35. The van der Waals surface area contributed by atoms with Gasteiger partial charge in [0.25, 0.3) is 5.91 Å². The number of ether oxygens (including phenoxy) is 1. The summed E-state index contributed by atoms with van der Waals surface area (Å²) in [5.74, 6) is -0.694. The third kappa shape index (κ3) is 4.53. The Kier molecular flexibility index (Phi) is 5.49. The molecular weight excluding hydrogens is 287 g/mol. The molecule has 1 aliphatic rings. The van der Waals surface area contributed by atoms with Crippen LogP contribution in [-0.2, 0) is 9.53 Å². The normalized spacial score (nSPS) is 21.5. The zero-order valence-electron chi connectivity index (χ0n) is 12.8. The van der Waals surface area contributed by atoms with Gasteiger partial charge in [0.1, 0.15) is 5.82 Å². The molecule has 0 radical (unpaired) electrons. The van der Waals surface area contributed by atoms with Gasteiger partial charge in [0.15, 0.2) is 0 Å². The van der Waals surface area contributed by atoms with E-state index in [-0.39, 0.29) is 42.8 Å². The van der Waals surface area contributed by atoms with Gasteiger partial charge in [-0.2, -0.15) is 0 Å². The summed E-state index contributed by atoms with van der Waals surface area (Å²) in [4.78, 5) is 25.7. The van der Waals surface area contributed by atoms with E-state index in [4.69, 9.17) is 4.74 Å². The number of rotatable bonds is 4. The number of nitrogens with zero attached hydrogens (tertiary/aromatic N) is 1. The van der Waals surface area contributed by atoms with Crippen molar-refractivity contribution in [3.05, 3.63) is 35.6 Å². The first kappa shape index (κ1) is 16.4. The number of nitrogens with one attached hydrogen (secondary N) is 1. The SMILES string of the molecule is CC1CN(C(=O)CCNC(=O)c2ccc(F)cc2)CC(C)O1. The number of hydrogen-bond donors (Lipinski definition) is 1. The summed E-state index contributed by atoms with van der Waals surface area (Å²) in [6.07, 6.45) is 0.301. The maximum absolute atomic E-state index is 12.8. The smallest absolute Gasteiger partial charge is 0.251 e. The van der Waals surface area contributed by atoms with Crippen LogP contribution in [0.3, 0.4) is 0 Å². The molecule has 2 unspecified atom stereocenters. The lowest BCUT2D eigenvalue weighted by molar-refractivity contribution is -0.143. The molecule has 22 heavy (non-hydrogen) atoms. The second-order valence-corrected chi connectivity index (χ2v) is 5.57. The molecule has 2 amide bonds. The molecule has 0 bridgehead atoms. The largest absolute Gasteiger partial charge is 0.372 e.